The molecule has 1 aliphatic rings. The lowest BCUT2D eigenvalue weighted by molar-refractivity contribution is -0.135. The topological polar surface area (TPSA) is 57.7 Å². The van der Waals surface area contributed by atoms with E-state index in [1.165, 1.54) is 16.4 Å². The third-order valence-corrected chi connectivity index (χ3v) is 5.91. The molecule has 1 aromatic carbocycles. The minimum absolute atomic E-state index is 0.0264. The van der Waals surface area contributed by atoms with Crippen LogP contribution in [-0.4, -0.2) is 50.2 Å². The maximum Gasteiger partial charge on any atom is 0.243 e. The molecule has 1 atom stereocenters. The fraction of sp³-hybridized carbons (Fsp3) is 0.533. The summed E-state index contributed by atoms with van der Waals surface area (Å²) in [5.74, 6) is -0.814. The molecule has 1 heterocycles. The summed E-state index contributed by atoms with van der Waals surface area (Å²) in [6.45, 7) is 3.05. The molecule has 2 rings (SSSR count). The predicted octanol–water partition coefficient (Wildman–Crippen LogP) is 1.70. The van der Waals surface area contributed by atoms with Crippen LogP contribution < -0.4 is 0 Å². The monoisotopic (exact) mass is 328 g/mol. The molecule has 0 bridgehead atoms. The third-order valence-electron chi connectivity index (χ3n) is 4.04. The lowest BCUT2D eigenvalue weighted by Crippen LogP contribution is -2.45. The molecule has 5 nitrogen and oxygen atoms in total. The Balaban J connectivity index is 2.18. The van der Waals surface area contributed by atoms with Crippen LogP contribution in [0.3, 0.4) is 0 Å². The fourth-order valence-corrected chi connectivity index (χ4v) is 4.11. The van der Waals surface area contributed by atoms with Crippen LogP contribution in [0.4, 0.5) is 4.39 Å². The van der Waals surface area contributed by atoms with Gasteiger partial charge in [0.05, 0.1) is 10.8 Å². The Labute approximate surface area is 130 Å². The van der Waals surface area contributed by atoms with Crippen molar-refractivity contribution in [3.8, 4) is 0 Å². The van der Waals surface area contributed by atoms with E-state index in [1.54, 1.807) is 11.9 Å². The molecule has 122 valence electrons. The first-order chi connectivity index (χ1) is 10.4. The van der Waals surface area contributed by atoms with Crippen LogP contribution in [0, 0.1) is 11.7 Å². The number of hydrogen-bond donors (Lipinski definition) is 0. The van der Waals surface area contributed by atoms with Gasteiger partial charge in [0.2, 0.25) is 15.9 Å². The number of carbonyl (C=O) groups excluding carboxylic acids is 1. The number of amides is 1. The predicted molar refractivity (Wildman–Crippen MR) is 81.2 cm³/mol. The number of sulfonamides is 1. The summed E-state index contributed by atoms with van der Waals surface area (Å²) in [6, 6.07) is 4.77. The van der Waals surface area contributed by atoms with E-state index in [-0.39, 0.29) is 23.3 Å². The van der Waals surface area contributed by atoms with Gasteiger partial charge in [0, 0.05) is 26.7 Å². The van der Waals surface area contributed by atoms with Gasteiger partial charge < -0.3 is 4.90 Å². The van der Waals surface area contributed by atoms with Gasteiger partial charge in [0.1, 0.15) is 5.82 Å². The molecule has 1 aliphatic heterocycles. The highest BCUT2D eigenvalue weighted by molar-refractivity contribution is 7.89. The first kappa shape index (κ1) is 16.9. The fourth-order valence-electron chi connectivity index (χ4n) is 2.59. The molecule has 1 amide bonds. The normalized spacial score (nSPS) is 19.9. The summed E-state index contributed by atoms with van der Waals surface area (Å²) in [6.07, 6.45) is 1.34. The zero-order valence-corrected chi connectivity index (χ0v) is 13.6. The van der Waals surface area contributed by atoms with E-state index >= 15 is 0 Å². The van der Waals surface area contributed by atoms with E-state index in [9.17, 15) is 17.6 Å². The largest absolute Gasteiger partial charge is 0.346 e. The minimum Gasteiger partial charge on any atom is -0.346 e. The molecule has 0 saturated carbocycles. The Morgan fingerprint density at radius 2 is 2.00 bits per heavy atom. The molecule has 0 spiro atoms. The van der Waals surface area contributed by atoms with Gasteiger partial charge in [0.15, 0.2) is 0 Å². The highest BCUT2D eigenvalue weighted by atomic mass is 32.2. The van der Waals surface area contributed by atoms with Crippen LogP contribution in [0.1, 0.15) is 19.8 Å². The van der Waals surface area contributed by atoms with E-state index in [4.69, 9.17) is 0 Å². The Kier molecular flexibility index (Phi) is 5.18. The van der Waals surface area contributed by atoms with Gasteiger partial charge in [-0.15, -0.1) is 0 Å². The maximum absolute atomic E-state index is 13.0. The molecular formula is C15H21FN2O3S. The molecule has 0 aliphatic carbocycles. The molecule has 1 fully saturated rings. The van der Waals surface area contributed by atoms with Gasteiger partial charge in [-0.1, -0.05) is 0 Å². The molecule has 7 heteroatoms. The van der Waals surface area contributed by atoms with Crippen molar-refractivity contribution in [1.29, 1.82) is 0 Å². The summed E-state index contributed by atoms with van der Waals surface area (Å²) in [4.78, 5) is 13.9. The molecule has 1 aromatic rings. The van der Waals surface area contributed by atoms with Crippen molar-refractivity contribution in [3.63, 3.8) is 0 Å². The molecular weight excluding hydrogens is 307 g/mol. The Bertz CT molecular complexity index is 631. The number of nitrogens with zero attached hydrogens (tertiary/aromatic N) is 2. The number of benzene rings is 1. The summed E-state index contributed by atoms with van der Waals surface area (Å²) >= 11 is 0. The van der Waals surface area contributed by atoms with E-state index in [2.05, 4.69) is 0 Å². The molecule has 1 saturated heterocycles. The maximum atomic E-state index is 13.0. The smallest absolute Gasteiger partial charge is 0.243 e. The first-order valence-electron chi connectivity index (χ1n) is 7.37. The van der Waals surface area contributed by atoms with Gasteiger partial charge in [0.25, 0.3) is 0 Å². The van der Waals surface area contributed by atoms with Gasteiger partial charge in [-0.25, -0.2) is 12.8 Å². The van der Waals surface area contributed by atoms with Crippen LogP contribution in [-0.2, 0) is 14.8 Å². The Hall–Kier alpha value is -1.47. The number of rotatable bonds is 4. The standard InChI is InChI=1S/C15H21FN2O3S/c1-3-17(2)15(19)12-5-4-10-18(11-12)22(20,21)14-8-6-13(16)7-9-14/h6-9,12H,3-5,10-11H2,1-2H3. The van der Waals surface area contributed by atoms with Crippen LogP contribution in [0.2, 0.25) is 0 Å². The van der Waals surface area contributed by atoms with E-state index < -0.39 is 15.8 Å². The summed E-state index contributed by atoms with van der Waals surface area (Å²) < 4.78 is 39.5. The van der Waals surface area contributed by atoms with Crippen molar-refractivity contribution in [2.75, 3.05) is 26.7 Å². The number of halogens is 1. The van der Waals surface area contributed by atoms with Crippen molar-refractivity contribution in [3.05, 3.63) is 30.1 Å². The van der Waals surface area contributed by atoms with Crippen molar-refractivity contribution >= 4 is 15.9 Å². The van der Waals surface area contributed by atoms with E-state index in [1.807, 2.05) is 6.92 Å². The summed E-state index contributed by atoms with van der Waals surface area (Å²) in [7, 11) is -1.96. The van der Waals surface area contributed by atoms with Crippen LogP contribution in [0.5, 0.6) is 0 Å². The highest BCUT2D eigenvalue weighted by Crippen LogP contribution is 2.25. The second kappa shape index (κ2) is 6.75. The average Bonchev–Trinajstić information content (AvgIpc) is 2.54. The minimum atomic E-state index is -3.68. The molecule has 0 aromatic heterocycles. The van der Waals surface area contributed by atoms with Crippen LogP contribution in [0.25, 0.3) is 0 Å². The van der Waals surface area contributed by atoms with Crippen molar-refractivity contribution in [2.45, 2.75) is 24.7 Å². The highest BCUT2D eigenvalue weighted by Gasteiger charge is 2.34. The quantitative estimate of drug-likeness (QED) is 0.845. The molecule has 0 radical (unpaired) electrons. The number of carbonyl (C=O) groups is 1. The van der Waals surface area contributed by atoms with E-state index in [0.29, 0.717) is 25.9 Å². The third kappa shape index (κ3) is 3.47. The first-order valence-corrected chi connectivity index (χ1v) is 8.81. The summed E-state index contributed by atoms with van der Waals surface area (Å²) in [5, 5.41) is 0. The number of hydrogen-bond acceptors (Lipinski definition) is 3. The number of piperidine rings is 1. The van der Waals surface area contributed by atoms with Crippen molar-refractivity contribution < 1.29 is 17.6 Å². The Morgan fingerprint density at radius 3 is 2.59 bits per heavy atom. The van der Waals surface area contributed by atoms with Gasteiger partial charge >= 0.3 is 0 Å². The average molecular weight is 328 g/mol. The zero-order chi connectivity index (χ0) is 16.3. The second-order valence-corrected chi connectivity index (χ2v) is 7.45. The zero-order valence-electron chi connectivity index (χ0n) is 12.8. The van der Waals surface area contributed by atoms with Gasteiger partial charge in [-0.05, 0) is 44.0 Å². The van der Waals surface area contributed by atoms with Crippen LogP contribution in [0.15, 0.2) is 29.2 Å². The van der Waals surface area contributed by atoms with E-state index in [0.717, 1.165) is 12.1 Å². The molecule has 22 heavy (non-hydrogen) atoms. The summed E-state index contributed by atoms with van der Waals surface area (Å²) in [5.41, 5.74) is 0. The molecule has 0 N–H and O–H groups in total. The van der Waals surface area contributed by atoms with Gasteiger partial charge in [-0.2, -0.15) is 4.31 Å². The SMILES string of the molecule is CCN(C)C(=O)C1CCCN(S(=O)(=O)c2ccc(F)cc2)C1. The van der Waals surface area contributed by atoms with Crippen LogP contribution >= 0.6 is 0 Å². The van der Waals surface area contributed by atoms with Crippen molar-refractivity contribution in [2.24, 2.45) is 5.92 Å². The van der Waals surface area contributed by atoms with Crippen molar-refractivity contribution in [1.82, 2.24) is 9.21 Å². The molecule has 1 unspecified atom stereocenters. The van der Waals surface area contributed by atoms with Gasteiger partial charge in [-0.3, -0.25) is 4.79 Å². The lowest BCUT2D eigenvalue weighted by atomic mass is 9.98. The lowest BCUT2D eigenvalue weighted by Gasteiger charge is -2.33. The second-order valence-electron chi connectivity index (χ2n) is 5.51. The Morgan fingerprint density at radius 1 is 1.36 bits per heavy atom.